The molecule has 4 rings (SSSR count). The zero-order valence-electron chi connectivity index (χ0n) is 15.4. The summed E-state index contributed by atoms with van der Waals surface area (Å²) in [5.41, 5.74) is 3.36. The number of aryl methyl sites for hydroxylation is 1. The van der Waals surface area contributed by atoms with Gasteiger partial charge in [0.2, 0.25) is 5.89 Å². The van der Waals surface area contributed by atoms with Crippen LogP contribution in [0.3, 0.4) is 0 Å². The van der Waals surface area contributed by atoms with E-state index >= 15 is 0 Å². The van der Waals surface area contributed by atoms with Crippen LogP contribution in [0.25, 0.3) is 5.65 Å². The molecule has 1 fully saturated rings. The van der Waals surface area contributed by atoms with Gasteiger partial charge in [0.05, 0.1) is 23.9 Å². The highest BCUT2D eigenvalue weighted by Crippen LogP contribution is 2.27. The van der Waals surface area contributed by atoms with E-state index in [0.29, 0.717) is 18.9 Å². The summed E-state index contributed by atoms with van der Waals surface area (Å²) in [6.07, 6.45) is 5.01. The van der Waals surface area contributed by atoms with Crippen LogP contribution < -0.4 is 0 Å². The topological polar surface area (TPSA) is 68.7 Å². The van der Waals surface area contributed by atoms with Gasteiger partial charge in [-0.05, 0) is 38.4 Å². The Bertz CT molecular complexity index is 872. The Balaban J connectivity index is 1.46. The molecule has 3 aromatic rings. The standard InChI is InChI=1S/C19H25N5O2/c1-14-16(24-10-4-3-7-18(24)20-14)13-23-9-5-6-15(12-23)19-21-17(22-26-19)8-11-25-2/h3-4,7,10,15H,5-6,8-9,11-13H2,1-2H3. The summed E-state index contributed by atoms with van der Waals surface area (Å²) in [7, 11) is 1.68. The fourth-order valence-corrected chi connectivity index (χ4v) is 3.70. The predicted molar refractivity (Wildman–Crippen MR) is 97.1 cm³/mol. The molecule has 0 N–H and O–H groups in total. The third-order valence-electron chi connectivity index (χ3n) is 5.07. The lowest BCUT2D eigenvalue weighted by molar-refractivity contribution is 0.177. The van der Waals surface area contributed by atoms with E-state index in [1.807, 2.05) is 6.07 Å². The summed E-state index contributed by atoms with van der Waals surface area (Å²) in [5.74, 6) is 1.79. The molecule has 1 unspecified atom stereocenters. The van der Waals surface area contributed by atoms with Gasteiger partial charge in [0.25, 0.3) is 0 Å². The van der Waals surface area contributed by atoms with Crippen LogP contribution in [0, 0.1) is 6.92 Å². The maximum atomic E-state index is 5.52. The summed E-state index contributed by atoms with van der Waals surface area (Å²) in [5, 5.41) is 4.09. The van der Waals surface area contributed by atoms with Crippen molar-refractivity contribution >= 4 is 5.65 Å². The number of aromatic nitrogens is 4. The quantitative estimate of drug-likeness (QED) is 0.677. The maximum Gasteiger partial charge on any atom is 0.231 e. The minimum Gasteiger partial charge on any atom is -0.384 e. The third-order valence-corrected chi connectivity index (χ3v) is 5.07. The molecule has 0 aromatic carbocycles. The number of ether oxygens (including phenoxy) is 1. The Labute approximate surface area is 153 Å². The lowest BCUT2D eigenvalue weighted by atomic mass is 9.98. The molecule has 0 bridgehead atoms. The van der Waals surface area contributed by atoms with Crippen molar-refractivity contribution < 1.29 is 9.26 Å². The van der Waals surface area contributed by atoms with Crippen LogP contribution in [0.2, 0.25) is 0 Å². The van der Waals surface area contributed by atoms with Crippen molar-refractivity contribution in [2.24, 2.45) is 0 Å². The average Bonchev–Trinajstić information content (AvgIpc) is 3.25. The van der Waals surface area contributed by atoms with Crippen LogP contribution in [-0.4, -0.2) is 51.2 Å². The number of hydrogen-bond donors (Lipinski definition) is 0. The van der Waals surface area contributed by atoms with Gasteiger partial charge < -0.3 is 13.7 Å². The van der Waals surface area contributed by atoms with Crippen molar-refractivity contribution in [3.8, 4) is 0 Å². The fraction of sp³-hybridized carbons (Fsp3) is 0.526. The van der Waals surface area contributed by atoms with Gasteiger partial charge in [0, 0.05) is 32.8 Å². The van der Waals surface area contributed by atoms with Gasteiger partial charge in [0.15, 0.2) is 5.82 Å². The van der Waals surface area contributed by atoms with Crippen LogP contribution in [-0.2, 0) is 17.7 Å². The number of fused-ring (bicyclic) bond motifs is 1. The van der Waals surface area contributed by atoms with Crippen molar-refractivity contribution in [2.45, 2.75) is 38.6 Å². The second-order valence-corrected chi connectivity index (χ2v) is 6.94. The highest BCUT2D eigenvalue weighted by molar-refractivity contribution is 5.42. The van der Waals surface area contributed by atoms with E-state index in [1.165, 1.54) is 5.69 Å². The molecule has 1 aliphatic heterocycles. The first-order valence-electron chi connectivity index (χ1n) is 9.21. The van der Waals surface area contributed by atoms with E-state index in [9.17, 15) is 0 Å². The van der Waals surface area contributed by atoms with Crippen molar-refractivity contribution in [3.63, 3.8) is 0 Å². The molecule has 1 atom stereocenters. The molecule has 1 aliphatic rings. The molecule has 7 nitrogen and oxygen atoms in total. The van der Waals surface area contributed by atoms with Crippen LogP contribution in [0.4, 0.5) is 0 Å². The van der Waals surface area contributed by atoms with Crippen molar-refractivity contribution in [2.75, 3.05) is 26.8 Å². The van der Waals surface area contributed by atoms with Crippen LogP contribution in [0.5, 0.6) is 0 Å². The molecule has 1 saturated heterocycles. The van der Waals surface area contributed by atoms with Crippen LogP contribution >= 0.6 is 0 Å². The molecule has 4 heterocycles. The molecule has 0 amide bonds. The lowest BCUT2D eigenvalue weighted by Gasteiger charge is -2.30. The summed E-state index contributed by atoms with van der Waals surface area (Å²) in [6, 6.07) is 6.13. The summed E-state index contributed by atoms with van der Waals surface area (Å²) >= 11 is 0. The van der Waals surface area contributed by atoms with E-state index in [1.54, 1.807) is 7.11 Å². The zero-order chi connectivity index (χ0) is 17.9. The Morgan fingerprint density at radius 1 is 1.31 bits per heavy atom. The Kier molecular flexibility index (Phi) is 4.99. The molecule has 0 saturated carbocycles. The summed E-state index contributed by atoms with van der Waals surface area (Å²) < 4.78 is 12.8. The largest absolute Gasteiger partial charge is 0.384 e. The van der Waals surface area contributed by atoms with E-state index in [-0.39, 0.29) is 0 Å². The number of hydrogen-bond acceptors (Lipinski definition) is 6. The fourth-order valence-electron chi connectivity index (χ4n) is 3.70. The van der Waals surface area contributed by atoms with E-state index < -0.39 is 0 Å². The van der Waals surface area contributed by atoms with Gasteiger partial charge in [-0.3, -0.25) is 4.90 Å². The zero-order valence-corrected chi connectivity index (χ0v) is 15.4. The summed E-state index contributed by atoms with van der Waals surface area (Å²) in [6.45, 7) is 5.61. The second-order valence-electron chi connectivity index (χ2n) is 6.94. The van der Waals surface area contributed by atoms with Gasteiger partial charge in [-0.25, -0.2) is 4.98 Å². The molecular weight excluding hydrogens is 330 g/mol. The van der Waals surface area contributed by atoms with Crippen molar-refractivity contribution in [1.82, 2.24) is 24.4 Å². The third kappa shape index (κ3) is 3.50. The number of methoxy groups -OCH3 is 1. The number of rotatable bonds is 6. The highest BCUT2D eigenvalue weighted by Gasteiger charge is 2.27. The van der Waals surface area contributed by atoms with E-state index in [2.05, 4.69) is 49.7 Å². The van der Waals surface area contributed by atoms with E-state index in [4.69, 9.17) is 9.26 Å². The summed E-state index contributed by atoms with van der Waals surface area (Å²) in [4.78, 5) is 11.7. The van der Waals surface area contributed by atoms with Crippen LogP contribution in [0.1, 0.15) is 41.9 Å². The number of piperidine rings is 1. The number of nitrogens with zero attached hydrogens (tertiary/aromatic N) is 5. The predicted octanol–water partition coefficient (Wildman–Crippen LogP) is 2.59. The van der Waals surface area contributed by atoms with Crippen molar-refractivity contribution in [1.29, 1.82) is 0 Å². The first-order valence-corrected chi connectivity index (χ1v) is 9.21. The van der Waals surface area contributed by atoms with Gasteiger partial charge in [-0.1, -0.05) is 11.2 Å². The first-order chi connectivity index (χ1) is 12.7. The Morgan fingerprint density at radius 3 is 3.12 bits per heavy atom. The highest BCUT2D eigenvalue weighted by atomic mass is 16.5. The SMILES string of the molecule is COCCc1noc(C2CCCN(Cc3c(C)nc4ccccn34)C2)n1. The number of likely N-dealkylation sites (tertiary alicyclic amines) is 1. The number of imidazole rings is 1. The molecule has 0 spiro atoms. The molecule has 0 radical (unpaired) electrons. The van der Waals surface area contributed by atoms with Gasteiger partial charge in [-0.15, -0.1) is 0 Å². The van der Waals surface area contributed by atoms with Gasteiger partial charge in [-0.2, -0.15) is 4.98 Å². The molecule has 0 aliphatic carbocycles. The Hall–Kier alpha value is -2.25. The minimum atomic E-state index is 0.298. The van der Waals surface area contributed by atoms with Gasteiger partial charge in [0.1, 0.15) is 5.65 Å². The molecular formula is C19H25N5O2. The Morgan fingerprint density at radius 2 is 2.23 bits per heavy atom. The van der Waals surface area contributed by atoms with Gasteiger partial charge >= 0.3 is 0 Å². The second kappa shape index (κ2) is 7.55. The molecule has 7 heteroatoms. The monoisotopic (exact) mass is 355 g/mol. The first kappa shape index (κ1) is 17.2. The number of pyridine rings is 1. The smallest absolute Gasteiger partial charge is 0.231 e. The molecule has 138 valence electrons. The molecule has 3 aromatic heterocycles. The van der Waals surface area contributed by atoms with E-state index in [0.717, 1.165) is 55.5 Å². The lowest BCUT2D eigenvalue weighted by Crippen LogP contribution is -2.34. The molecule has 26 heavy (non-hydrogen) atoms. The van der Waals surface area contributed by atoms with Crippen LogP contribution in [0.15, 0.2) is 28.9 Å². The average molecular weight is 355 g/mol. The normalized spacial score (nSPS) is 18.6. The maximum absolute atomic E-state index is 5.52. The minimum absolute atomic E-state index is 0.298. The van der Waals surface area contributed by atoms with Crippen molar-refractivity contribution in [3.05, 3.63) is 47.5 Å².